The van der Waals surface area contributed by atoms with E-state index in [9.17, 15) is 4.79 Å². The summed E-state index contributed by atoms with van der Waals surface area (Å²) in [6, 6.07) is 18.0. The average molecular weight is 289 g/mol. The molecule has 0 saturated carbocycles. The van der Waals surface area contributed by atoms with E-state index in [1.165, 1.54) is 17.6 Å². The molecular weight excluding hydrogens is 272 g/mol. The fourth-order valence-corrected chi connectivity index (χ4v) is 3.25. The fraction of sp³-hybridized carbons (Fsp3) is 0.188. The predicted octanol–water partition coefficient (Wildman–Crippen LogP) is 3.64. The number of carbonyl (C=O) groups is 1. The van der Waals surface area contributed by atoms with Gasteiger partial charge in [-0.1, -0.05) is 30.3 Å². The summed E-state index contributed by atoms with van der Waals surface area (Å²) in [5, 5.41) is 0. The van der Waals surface area contributed by atoms with E-state index in [0.29, 0.717) is 5.75 Å². The van der Waals surface area contributed by atoms with E-state index in [1.807, 2.05) is 18.2 Å². The lowest BCUT2D eigenvalue weighted by atomic mass is 10.2. The molecule has 0 fully saturated rings. The molecule has 1 atom stereocenters. The van der Waals surface area contributed by atoms with Crippen LogP contribution in [0.4, 0.5) is 4.79 Å². The predicted molar refractivity (Wildman–Crippen MR) is 81.2 cm³/mol. The lowest BCUT2D eigenvalue weighted by Gasteiger charge is -2.05. The van der Waals surface area contributed by atoms with Crippen LogP contribution in [0.5, 0.6) is 5.75 Å². The number of ether oxygens (including phenoxy) is 2. The Balaban J connectivity index is 2.00. The lowest BCUT2D eigenvalue weighted by molar-refractivity contribution is 0.121. The molecule has 0 spiro atoms. The minimum atomic E-state index is -0.697. The topological polar surface area (TPSA) is 35.5 Å². The van der Waals surface area contributed by atoms with Gasteiger partial charge in [0.05, 0.1) is 7.11 Å². The Morgan fingerprint density at radius 3 is 2.30 bits per heavy atom. The van der Waals surface area contributed by atoms with Crippen LogP contribution in [0, 0.1) is 0 Å². The third-order valence-electron chi connectivity index (χ3n) is 2.82. The summed E-state index contributed by atoms with van der Waals surface area (Å²) >= 11 is 0. The third kappa shape index (κ3) is 4.03. The van der Waals surface area contributed by atoms with Crippen LogP contribution in [0.2, 0.25) is 0 Å². The second-order valence-corrected chi connectivity index (χ2v) is 6.33. The molecule has 0 bridgehead atoms. The largest absolute Gasteiger partial charge is 0.513 e. The van der Waals surface area contributed by atoms with Gasteiger partial charge in [0.25, 0.3) is 0 Å². The summed E-state index contributed by atoms with van der Waals surface area (Å²) < 4.78 is 9.41. The first-order chi connectivity index (χ1) is 9.69. The van der Waals surface area contributed by atoms with Crippen molar-refractivity contribution in [3.63, 3.8) is 0 Å². The van der Waals surface area contributed by atoms with Crippen LogP contribution >= 0.6 is 0 Å². The maximum Gasteiger partial charge on any atom is 0.513 e. The number of carbonyl (C=O) groups excluding carboxylic acids is 1. The molecule has 0 aliphatic heterocycles. The van der Waals surface area contributed by atoms with Crippen LogP contribution in [0.25, 0.3) is 0 Å². The van der Waals surface area contributed by atoms with Crippen molar-refractivity contribution < 1.29 is 14.3 Å². The van der Waals surface area contributed by atoms with Gasteiger partial charge in [-0.2, -0.15) is 0 Å². The Labute approximate surface area is 121 Å². The molecule has 0 radical (unpaired) electrons. The average Bonchev–Trinajstić information content (AvgIpc) is 2.49. The van der Waals surface area contributed by atoms with Gasteiger partial charge in [-0.3, -0.25) is 0 Å². The highest BCUT2D eigenvalue weighted by Gasteiger charge is 2.16. The van der Waals surface area contributed by atoms with Gasteiger partial charge in [-0.25, -0.2) is 4.79 Å². The van der Waals surface area contributed by atoms with Crippen molar-refractivity contribution >= 4 is 17.1 Å². The Hall–Kier alpha value is -1.94. The summed E-state index contributed by atoms with van der Waals surface area (Å²) in [5.74, 6) is 1.51. The van der Waals surface area contributed by atoms with Gasteiger partial charge in [0.2, 0.25) is 0 Å². The first-order valence-electron chi connectivity index (χ1n) is 6.21. The van der Waals surface area contributed by atoms with Crippen molar-refractivity contribution in [2.24, 2.45) is 0 Å². The highest BCUT2D eigenvalue weighted by Crippen LogP contribution is 2.20. The highest BCUT2D eigenvalue weighted by molar-refractivity contribution is 7.95. The molecule has 2 aromatic rings. The Morgan fingerprint density at radius 2 is 1.70 bits per heavy atom. The molecule has 0 heterocycles. The smallest absolute Gasteiger partial charge is 0.437 e. The summed E-state index contributed by atoms with van der Waals surface area (Å²) in [4.78, 5) is 12.2. The summed E-state index contributed by atoms with van der Waals surface area (Å²) in [7, 11) is 1.41. The van der Waals surface area contributed by atoms with Crippen LogP contribution in [-0.4, -0.2) is 19.5 Å². The second-order valence-electron chi connectivity index (χ2n) is 4.29. The van der Waals surface area contributed by atoms with E-state index in [4.69, 9.17) is 4.74 Å². The number of hydrogen-bond acceptors (Lipinski definition) is 3. The first kappa shape index (κ1) is 14.5. The van der Waals surface area contributed by atoms with Crippen LogP contribution < -0.4 is 4.74 Å². The number of benzene rings is 2. The maximum absolute atomic E-state index is 11.0. The van der Waals surface area contributed by atoms with E-state index >= 15 is 0 Å². The molecule has 3 nitrogen and oxygen atoms in total. The number of hydrogen-bond donors (Lipinski definition) is 0. The minimum Gasteiger partial charge on any atom is -0.437 e. The molecule has 1 unspecified atom stereocenters. The monoisotopic (exact) mass is 289 g/mol. The molecule has 0 amide bonds. The standard InChI is InChI=1S/C16H17O3S/c1-18-16(17)19-14-8-10-15(11-9-14)20(2)12-13-6-4-3-5-7-13/h3-11H,12H2,1-2H3/q+1. The van der Waals surface area contributed by atoms with E-state index in [-0.39, 0.29) is 10.9 Å². The van der Waals surface area contributed by atoms with E-state index in [0.717, 1.165) is 5.75 Å². The van der Waals surface area contributed by atoms with E-state index in [2.05, 4.69) is 35.3 Å². The normalized spacial score (nSPS) is 11.7. The van der Waals surface area contributed by atoms with E-state index < -0.39 is 6.16 Å². The van der Waals surface area contributed by atoms with Crippen molar-refractivity contribution in [2.45, 2.75) is 10.6 Å². The van der Waals surface area contributed by atoms with Crippen molar-refractivity contribution in [1.29, 1.82) is 0 Å². The molecule has 0 aliphatic carbocycles. The van der Waals surface area contributed by atoms with Gasteiger partial charge in [-0.15, -0.1) is 0 Å². The number of rotatable bonds is 4. The Bertz CT molecular complexity index is 552. The quantitative estimate of drug-likeness (QED) is 0.490. The van der Waals surface area contributed by atoms with E-state index in [1.54, 1.807) is 12.1 Å². The Kier molecular flexibility index (Phi) is 5.07. The highest BCUT2D eigenvalue weighted by atomic mass is 32.2. The van der Waals surface area contributed by atoms with Crippen molar-refractivity contribution in [1.82, 2.24) is 0 Å². The van der Waals surface area contributed by atoms with Gasteiger partial charge in [0.15, 0.2) is 4.90 Å². The molecule has 2 aromatic carbocycles. The molecule has 4 heteroatoms. The third-order valence-corrected chi connectivity index (χ3v) is 4.66. The van der Waals surface area contributed by atoms with Gasteiger partial charge in [0, 0.05) is 16.5 Å². The van der Waals surface area contributed by atoms with Crippen molar-refractivity contribution in [3.8, 4) is 5.75 Å². The van der Waals surface area contributed by atoms with Crippen LogP contribution in [0.15, 0.2) is 59.5 Å². The molecule has 0 N–H and O–H groups in total. The molecular formula is C16H17O3S+. The summed E-state index contributed by atoms with van der Waals surface area (Å²) in [6.07, 6.45) is 1.51. The molecule has 104 valence electrons. The maximum atomic E-state index is 11.0. The van der Waals surface area contributed by atoms with Gasteiger partial charge < -0.3 is 9.47 Å². The molecule has 2 rings (SSSR count). The van der Waals surface area contributed by atoms with Gasteiger partial charge >= 0.3 is 6.16 Å². The summed E-state index contributed by atoms with van der Waals surface area (Å²) in [6.45, 7) is 0. The Morgan fingerprint density at radius 1 is 1.05 bits per heavy atom. The minimum absolute atomic E-state index is 0.121. The molecule has 0 aliphatic rings. The second kappa shape index (κ2) is 7.01. The summed E-state index contributed by atoms with van der Waals surface area (Å²) in [5.41, 5.74) is 1.33. The molecule has 20 heavy (non-hydrogen) atoms. The zero-order valence-electron chi connectivity index (χ0n) is 11.5. The van der Waals surface area contributed by atoms with Crippen LogP contribution in [0.1, 0.15) is 5.56 Å². The lowest BCUT2D eigenvalue weighted by Crippen LogP contribution is -2.08. The van der Waals surface area contributed by atoms with Gasteiger partial charge in [-0.05, 0) is 24.3 Å². The zero-order valence-corrected chi connectivity index (χ0v) is 12.4. The zero-order chi connectivity index (χ0) is 14.4. The van der Waals surface area contributed by atoms with Gasteiger partial charge in [0.1, 0.15) is 17.8 Å². The number of methoxy groups -OCH3 is 1. The molecule has 0 aromatic heterocycles. The van der Waals surface area contributed by atoms with Crippen molar-refractivity contribution in [2.75, 3.05) is 13.4 Å². The fourth-order valence-electron chi connectivity index (χ4n) is 1.79. The van der Waals surface area contributed by atoms with Crippen LogP contribution in [0.3, 0.4) is 0 Å². The first-order valence-corrected chi connectivity index (χ1v) is 8.01. The molecule has 0 saturated heterocycles. The SMILES string of the molecule is COC(=O)Oc1ccc([S+](C)Cc2ccccc2)cc1. The van der Waals surface area contributed by atoms with Crippen LogP contribution in [-0.2, 0) is 21.4 Å². The van der Waals surface area contributed by atoms with Crippen molar-refractivity contribution in [3.05, 3.63) is 60.2 Å².